The molecule has 1 amide bonds. The van der Waals surface area contributed by atoms with Gasteiger partial charge in [0, 0.05) is 11.1 Å². The standard InChI is InChI=1S/C18H20F2N2O3S/c1-22(2)16(13-6-4-3-5-7-13)12-21-17(23)14-8-10-15(11-9-14)26(24,25)18(19)20/h3-11,16,18H,12H2,1-2H3,(H,21,23)/p+1/t16-/m0/s1. The third kappa shape index (κ3) is 4.64. The van der Waals surface area contributed by atoms with Crippen molar-refractivity contribution in [2.75, 3.05) is 20.6 Å². The highest BCUT2D eigenvalue weighted by atomic mass is 32.2. The third-order valence-electron chi connectivity index (χ3n) is 4.05. The van der Waals surface area contributed by atoms with Gasteiger partial charge in [-0.05, 0) is 24.3 Å². The number of quaternary nitrogens is 1. The quantitative estimate of drug-likeness (QED) is 0.757. The number of nitrogens with one attached hydrogen (secondary N) is 2. The van der Waals surface area contributed by atoms with E-state index < -0.39 is 26.4 Å². The fourth-order valence-electron chi connectivity index (χ4n) is 2.54. The van der Waals surface area contributed by atoms with Crippen LogP contribution in [-0.4, -0.2) is 40.7 Å². The fraction of sp³-hybridized carbons (Fsp3) is 0.278. The van der Waals surface area contributed by atoms with Crippen LogP contribution in [0.15, 0.2) is 59.5 Å². The average molecular weight is 383 g/mol. The first-order chi connectivity index (χ1) is 12.2. The van der Waals surface area contributed by atoms with Gasteiger partial charge in [0.05, 0.1) is 25.5 Å². The lowest BCUT2D eigenvalue weighted by Gasteiger charge is -2.22. The molecule has 0 spiro atoms. The lowest BCUT2D eigenvalue weighted by Crippen LogP contribution is -3.07. The largest absolute Gasteiger partial charge is 0.346 e. The molecule has 0 fully saturated rings. The van der Waals surface area contributed by atoms with E-state index in [-0.39, 0.29) is 11.6 Å². The molecule has 5 nitrogen and oxygen atoms in total. The minimum atomic E-state index is -4.66. The second-order valence-electron chi connectivity index (χ2n) is 6.08. The maximum absolute atomic E-state index is 12.5. The topological polar surface area (TPSA) is 67.7 Å². The van der Waals surface area contributed by atoms with E-state index in [4.69, 9.17) is 0 Å². The van der Waals surface area contributed by atoms with Gasteiger partial charge in [-0.2, -0.15) is 8.78 Å². The summed E-state index contributed by atoms with van der Waals surface area (Å²) in [4.78, 5) is 12.9. The number of halogens is 2. The molecule has 8 heteroatoms. The van der Waals surface area contributed by atoms with E-state index in [1.54, 1.807) is 0 Å². The lowest BCUT2D eigenvalue weighted by atomic mass is 10.1. The molecule has 0 aliphatic carbocycles. The van der Waals surface area contributed by atoms with E-state index in [1.807, 2.05) is 44.4 Å². The summed E-state index contributed by atoms with van der Waals surface area (Å²) in [6.07, 6.45) is 0. The van der Waals surface area contributed by atoms with Crippen molar-refractivity contribution in [1.82, 2.24) is 5.32 Å². The molecule has 0 aliphatic rings. The maximum atomic E-state index is 12.5. The lowest BCUT2D eigenvalue weighted by molar-refractivity contribution is -0.890. The number of carbonyl (C=O) groups excluding carboxylic acids is 1. The Balaban J connectivity index is 2.08. The van der Waals surface area contributed by atoms with Gasteiger partial charge in [-0.3, -0.25) is 4.79 Å². The maximum Gasteiger partial charge on any atom is 0.341 e. The van der Waals surface area contributed by atoms with Crippen LogP contribution in [0.4, 0.5) is 8.78 Å². The molecule has 0 heterocycles. The van der Waals surface area contributed by atoms with E-state index in [0.29, 0.717) is 6.54 Å². The third-order valence-corrected chi connectivity index (χ3v) is 5.44. The van der Waals surface area contributed by atoms with Crippen molar-refractivity contribution in [3.63, 3.8) is 0 Å². The number of benzene rings is 2. The number of likely N-dealkylation sites (N-methyl/N-ethyl adjacent to an activating group) is 1. The normalized spacial score (nSPS) is 13.0. The van der Waals surface area contributed by atoms with Crippen LogP contribution in [0.2, 0.25) is 0 Å². The molecule has 1 atom stereocenters. The number of amides is 1. The fourth-order valence-corrected chi connectivity index (χ4v) is 3.26. The molecule has 0 bridgehead atoms. The summed E-state index contributed by atoms with van der Waals surface area (Å²) < 4.78 is 47.9. The van der Waals surface area contributed by atoms with Crippen LogP contribution in [-0.2, 0) is 9.84 Å². The monoisotopic (exact) mass is 383 g/mol. The van der Waals surface area contributed by atoms with E-state index in [9.17, 15) is 22.0 Å². The predicted octanol–water partition coefficient (Wildman–Crippen LogP) is 1.30. The van der Waals surface area contributed by atoms with Gasteiger partial charge in [-0.25, -0.2) is 8.42 Å². The summed E-state index contributed by atoms with van der Waals surface area (Å²) in [6.45, 7) is 0.377. The van der Waals surface area contributed by atoms with E-state index in [2.05, 4.69) is 5.32 Å². The zero-order valence-electron chi connectivity index (χ0n) is 14.4. The van der Waals surface area contributed by atoms with Crippen LogP contribution in [0.3, 0.4) is 0 Å². The van der Waals surface area contributed by atoms with Crippen molar-refractivity contribution in [3.8, 4) is 0 Å². The summed E-state index contributed by atoms with van der Waals surface area (Å²) >= 11 is 0. The van der Waals surface area contributed by atoms with Crippen LogP contribution >= 0.6 is 0 Å². The van der Waals surface area contributed by atoms with Crippen LogP contribution in [0.5, 0.6) is 0 Å². The van der Waals surface area contributed by atoms with Gasteiger partial charge < -0.3 is 10.2 Å². The van der Waals surface area contributed by atoms with Gasteiger partial charge in [0.2, 0.25) is 9.84 Å². The van der Waals surface area contributed by atoms with Crippen LogP contribution in [0.25, 0.3) is 0 Å². The summed E-state index contributed by atoms with van der Waals surface area (Å²) in [7, 11) is -0.701. The highest BCUT2D eigenvalue weighted by Crippen LogP contribution is 2.18. The predicted molar refractivity (Wildman–Crippen MR) is 94.0 cm³/mol. The van der Waals surface area contributed by atoms with Crippen molar-refractivity contribution in [2.24, 2.45) is 0 Å². The van der Waals surface area contributed by atoms with Crippen molar-refractivity contribution in [2.45, 2.75) is 16.7 Å². The first kappa shape index (κ1) is 20.0. The minimum Gasteiger partial charge on any atom is -0.346 e. The zero-order chi connectivity index (χ0) is 19.3. The van der Waals surface area contributed by atoms with Crippen molar-refractivity contribution >= 4 is 15.7 Å². The summed E-state index contributed by atoms with van der Waals surface area (Å²) in [5.41, 5.74) is 1.28. The Morgan fingerprint density at radius 1 is 1.04 bits per heavy atom. The van der Waals surface area contributed by atoms with Gasteiger partial charge in [-0.15, -0.1) is 0 Å². The Morgan fingerprint density at radius 2 is 1.62 bits per heavy atom. The molecule has 2 aromatic rings. The number of carbonyl (C=O) groups is 1. The number of hydrogen-bond acceptors (Lipinski definition) is 3. The first-order valence-corrected chi connectivity index (χ1v) is 9.53. The summed E-state index contributed by atoms with van der Waals surface area (Å²) in [6, 6.07) is 14.3. The van der Waals surface area contributed by atoms with Gasteiger partial charge in [0.1, 0.15) is 6.04 Å². The molecule has 140 valence electrons. The molecular formula is C18H21F2N2O3S+. The van der Waals surface area contributed by atoms with Crippen LogP contribution < -0.4 is 10.2 Å². The first-order valence-electron chi connectivity index (χ1n) is 7.98. The van der Waals surface area contributed by atoms with Gasteiger partial charge in [0.15, 0.2) is 0 Å². The smallest absolute Gasteiger partial charge is 0.341 e. The Labute approximate surface area is 151 Å². The molecule has 0 saturated heterocycles. The van der Waals surface area contributed by atoms with Crippen LogP contribution in [0, 0.1) is 0 Å². The van der Waals surface area contributed by atoms with Crippen molar-refractivity contribution < 1.29 is 26.9 Å². The highest BCUT2D eigenvalue weighted by Gasteiger charge is 2.26. The Hall–Kier alpha value is -2.32. The van der Waals surface area contributed by atoms with Crippen molar-refractivity contribution in [3.05, 3.63) is 65.7 Å². The number of hydrogen-bond donors (Lipinski definition) is 2. The molecule has 0 aromatic heterocycles. The molecule has 2 N–H and O–H groups in total. The molecule has 0 radical (unpaired) electrons. The van der Waals surface area contributed by atoms with Crippen LogP contribution in [0.1, 0.15) is 22.0 Å². The van der Waals surface area contributed by atoms with E-state index >= 15 is 0 Å². The van der Waals surface area contributed by atoms with Gasteiger partial charge in [0.25, 0.3) is 5.91 Å². The van der Waals surface area contributed by atoms with Gasteiger partial charge >= 0.3 is 5.76 Å². The second-order valence-corrected chi connectivity index (χ2v) is 8.00. The highest BCUT2D eigenvalue weighted by molar-refractivity contribution is 7.91. The second kappa shape index (κ2) is 8.37. The molecular weight excluding hydrogens is 362 g/mol. The molecule has 0 unspecified atom stereocenters. The Morgan fingerprint density at radius 3 is 2.12 bits per heavy atom. The Kier molecular flexibility index (Phi) is 6.44. The number of rotatable bonds is 7. The average Bonchev–Trinajstić information content (AvgIpc) is 2.62. The summed E-state index contributed by atoms with van der Waals surface area (Å²) in [5, 5.41) is 2.80. The molecule has 0 aliphatic heterocycles. The molecule has 2 aromatic carbocycles. The van der Waals surface area contributed by atoms with E-state index in [0.717, 1.165) is 22.6 Å². The SMILES string of the molecule is C[NH+](C)[C@@H](CNC(=O)c1ccc(S(=O)(=O)C(F)F)cc1)c1ccccc1. The van der Waals surface area contributed by atoms with Gasteiger partial charge in [-0.1, -0.05) is 30.3 Å². The molecule has 0 saturated carbocycles. The number of alkyl halides is 2. The minimum absolute atomic E-state index is 0.0404. The zero-order valence-corrected chi connectivity index (χ0v) is 15.3. The molecule has 26 heavy (non-hydrogen) atoms. The Bertz CT molecular complexity index is 838. The molecule has 2 rings (SSSR count). The van der Waals surface area contributed by atoms with Crippen molar-refractivity contribution in [1.29, 1.82) is 0 Å². The number of sulfone groups is 1. The van der Waals surface area contributed by atoms with E-state index in [1.165, 1.54) is 12.1 Å². The summed E-state index contributed by atoms with van der Waals surface area (Å²) in [5.74, 6) is -3.88.